The molecule has 0 amide bonds. The zero-order valence-electron chi connectivity index (χ0n) is 8.37. The van der Waals surface area contributed by atoms with Crippen molar-refractivity contribution in [2.75, 3.05) is 0 Å². The summed E-state index contributed by atoms with van der Waals surface area (Å²) in [6.07, 6.45) is -5.41. The van der Waals surface area contributed by atoms with E-state index in [-0.39, 0.29) is 0 Å². The van der Waals surface area contributed by atoms with E-state index in [1.54, 1.807) is 0 Å². The van der Waals surface area contributed by atoms with Crippen molar-refractivity contribution in [1.82, 2.24) is 0 Å². The average Bonchev–Trinajstić information content (AvgIpc) is 2.27. The number of nitrogens with zero attached hydrogens (tertiary/aromatic N) is 2. The van der Waals surface area contributed by atoms with Crippen LogP contribution >= 0.6 is 0 Å². The summed E-state index contributed by atoms with van der Waals surface area (Å²) in [6.45, 7) is 5.37. The molecule has 0 aliphatic heterocycles. The van der Waals surface area contributed by atoms with Crippen molar-refractivity contribution in [3.8, 4) is 6.07 Å². The first-order valence-electron chi connectivity index (χ1n) is 4.25. The Bertz CT molecular complexity index is 576. The molecule has 0 radical (unpaired) electrons. The van der Waals surface area contributed by atoms with Crippen molar-refractivity contribution in [2.45, 2.75) is 12.7 Å². The van der Waals surface area contributed by atoms with Gasteiger partial charge in [0, 0.05) is 0 Å². The summed E-state index contributed by atoms with van der Waals surface area (Å²) in [6, 6.07) is 0.833. The summed E-state index contributed by atoms with van der Waals surface area (Å²) < 4.78 is 77.0. The summed E-state index contributed by atoms with van der Waals surface area (Å²) in [5.41, 5.74) is -5.14. The zero-order chi connectivity index (χ0) is 14.1. The first-order chi connectivity index (χ1) is 8.25. The lowest BCUT2D eigenvalue weighted by atomic mass is 10.0. The molecule has 0 saturated carbocycles. The van der Waals surface area contributed by atoms with E-state index in [2.05, 4.69) is 4.85 Å². The van der Waals surface area contributed by atoms with Gasteiger partial charge in [-0.25, -0.2) is 19.7 Å². The Hall–Kier alpha value is -2.22. The van der Waals surface area contributed by atoms with Gasteiger partial charge in [0.25, 0.3) is 0 Å². The second-order valence-corrected chi connectivity index (χ2v) is 3.10. The third-order valence-electron chi connectivity index (χ3n) is 2.04. The van der Waals surface area contributed by atoms with Crippen LogP contribution in [0, 0.1) is 35.4 Å². The van der Waals surface area contributed by atoms with E-state index in [9.17, 15) is 26.3 Å². The third-order valence-corrected chi connectivity index (χ3v) is 2.04. The van der Waals surface area contributed by atoms with Crippen LogP contribution in [0.1, 0.15) is 16.7 Å². The van der Waals surface area contributed by atoms with Gasteiger partial charge in [0.05, 0.1) is 0 Å². The normalized spacial score (nSPS) is 10.9. The molecular formula is C10H2F6N2. The van der Waals surface area contributed by atoms with E-state index in [1.807, 2.05) is 0 Å². The Morgan fingerprint density at radius 1 is 1.11 bits per heavy atom. The number of hydrogen-bond donors (Lipinski definition) is 0. The molecule has 18 heavy (non-hydrogen) atoms. The molecule has 0 N–H and O–H groups in total. The Morgan fingerprint density at radius 2 is 1.67 bits per heavy atom. The lowest BCUT2D eigenvalue weighted by Gasteiger charge is -2.12. The Labute approximate surface area is 96.9 Å². The van der Waals surface area contributed by atoms with Gasteiger partial charge in [-0.05, 0) is 0 Å². The maximum absolute atomic E-state index is 13.4. The fraction of sp³-hybridized carbons (Fsp3) is 0.200. The van der Waals surface area contributed by atoms with Gasteiger partial charge in [-0.2, -0.15) is 18.4 Å². The van der Waals surface area contributed by atoms with Crippen LogP contribution in [-0.4, -0.2) is 0 Å². The summed E-state index contributed by atoms with van der Waals surface area (Å²) in [5.74, 6) is -6.34. The van der Waals surface area contributed by atoms with Crippen molar-refractivity contribution < 1.29 is 26.3 Å². The second kappa shape index (κ2) is 4.57. The van der Waals surface area contributed by atoms with Crippen molar-refractivity contribution in [2.24, 2.45) is 0 Å². The van der Waals surface area contributed by atoms with Crippen molar-refractivity contribution >= 4 is 0 Å². The molecular weight excluding hydrogens is 262 g/mol. The number of alkyl halides is 3. The molecule has 94 valence electrons. The van der Waals surface area contributed by atoms with Gasteiger partial charge in [0.15, 0.2) is 17.5 Å². The zero-order valence-corrected chi connectivity index (χ0v) is 8.37. The molecule has 1 aromatic carbocycles. The van der Waals surface area contributed by atoms with Crippen LogP contribution < -0.4 is 0 Å². The van der Waals surface area contributed by atoms with E-state index >= 15 is 0 Å². The highest BCUT2D eigenvalue weighted by atomic mass is 19.4. The quantitative estimate of drug-likeness (QED) is 0.434. The first kappa shape index (κ1) is 13.8. The van der Waals surface area contributed by atoms with Crippen LogP contribution in [0.15, 0.2) is 0 Å². The smallest absolute Gasteiger partial charge is 0.312 e. The topological polar surface area (TPSA) is 28.1 Å². The molecule has 0 aliphatic carbocycles. The number of hydrogen-bond acceptors (Lipinski definition) is 1. The monoisotopic (exact) mass is 264 g/mol. The van der Waals surface area contributed by atoms with Gasteiger partial charge >= 0.3 is 6.18 Å². The summed E-state index contributed by atoms with van der Waals surface area (Å²) in [5, 5.41) is 8.41. The van der Waals surface area contributed by atoms with Crippen molar-refractivity contribution in [3.63, 3.8) is 0 Å². The third kappa shape index (κ3) is 2.09. The van der Waals surface area contributed by atoms with Crippen LogP contribution in [0.4, 0.5) is 26.3 Å². The average molecular weight is 264 g/mol. The van der Waals surface area contributed by atoms with Gasteiger partial charge < -0.3 is 4.85 Å². The standard InChI is InChI=1S/C10H2F6N2/c1-18-3-5-7(11)4(2-17)6(10(14,15)16)9(13)8(5)12/h3H2. The largest absolute Gasteiger partial charge is 0.420 e. The highest BCUT2D eigenvalue weighted by Crippen LogP contribution is 2.37. The summed E-state index contributed by atoms with van der Waals surface area (Å²) in [4.78, 5) is 2.55. The molecule has 8 heteroatoms. The van der Waals surface area contributed by atoms with E-state index in [0.29, 0.717) is 0 Å². The fourth-order valence-corrected chi connectivity index (χ4v) is 1.30. The highest BCUT2D eigenvalue weighted by Gasteiger charge is 2.42. The molecule has 1 aromatic rings. The molecule has 2 nitrogen and oxygen atoms in total. The summed E-state index contributed by atoms with van der Waals surface area (Å²) in [7, 11) is 0. The van der Waals surface area contributed by atoms with Crippen LogP contribution in [0.2, 0.25) is 0 Å². The Morgan fingerprint density at radius 3 is 2.06 bits per heavy atom. The highest BCUT2D eigenvalue weighted by molar-refractivity contribution is 5.46. The predicted octanol–water partition coefficient (Wildman–Crippen LogP) is 3.41. The van der Waals surface area contributed by atoms with E-state index in [0.717, 1.165) is 6.07 Å². The van der Waals surface area contributed by atoms with Gasteiger partial charge in [-0.1, -0.05) is 0 Å². The van der Waals surface area contributed by atoms with Gasteiger partial charge in [0.2, 0.25) is 6.54 Å². The number of halogens is 6. The predicted molar refractivity (Wildman–Crippen MR) is 46.3 cm³/mol. The van der Waals surface area contributed by atoms with Crippen LogP contribution in [0.25, 0.3) is 4.85 Å². The summed E-state index contributed by atoms with van der Waals surface area (Å²) >= 11 is 0. The molecule has 0 saturated heterocycles. The molecule has 0 bridgehead atoms. The number of rotatable bonds is 1. The number of nitriles is 1. The van der Waals surface area contributed by atoms with Gasteiger partial charge in [-0.15, -0.1) is 0 Å². The van der Waals surface area contributed by atoms with Gasteiger partial charge in [-0.3, -0.25) is 0 Å². The van der Waals surface area contributed by atoms with E-state index in [1.165, 1.54) is 0 Å². The number of benzene rings is 1. The first-order valence-corrected chi connectivity index (χ1v) is 4.25. The lowest BCUT2D eigenvalue weighted by molar-refractivity contribution is -0.140. The molecule has 0 aromatic heterocycles. The lowest BCUT2D eigenvalue weighted by Crippen LogP contribution is -2.16. The molecule has 0 heterocycles. The van der Waals surface area contributed by atoms with Crippen LogP contribution in [0.5, 0.6) is 0 Å². The second-order valence-electron chi connectivity index (χ2n) is 3.10. The molecule has 0 aliphatic rings. The maximum Gasteiger partial charge on any atom is 0.420 e. The molecule has 0 spiro atoms. The van der Waals surface area contributed by atoms with Crippen LogP contribution in [0.3, 0.4) is 0 Å². The van der Waals surface area contributed by atoms with Crippen LogP contribution in [-0.2, 0) is 12.7 Å². The van der Waals surface area contributed by atoms with Crippen molar-refractivity contribution in [1.29, 1.82) is 5.26 Å². The minimum absolute atomic E-state index is 0.833. The fourth-order valence-electron chi connectivity index (χ4n) is 1.30. The van der Waals surface area contributed by atoms with Crippen molar-refractivity contribution in [3.05, 3.63) is 45.6 Å². The SMILES string of the molecule is [C-]#[N+]Cc1c(F)c(F)c(C(F)(F)F)c(C#N)c1F. The molecule has 0 atom stereocenters. The molecule has 0 unspecified atom stereocenters. The minimum Gasteiger partial charge on any atom is -0.312 e. The van der Waals surface area contributed by atoms with Gasteiger partial charge in [0.1, 0.15) is 22.8 Å². The van der Waals surface area contributed by atoms with E-state index in [4.69, 9.17) is 11.8 Å². The Balaban J connectivity index is 3.80. The molecule has 0 fully saturated rings. The van der Waals surface area contributed by atoms with E-state index < -0.39 is 46.9 Å². The Kier molecular flexibility index (Phi) is 3.52. The maximum atomic E-state index is 13.4. The molecule has 1 rings (SSSR count). The minimum atomic E-state index is -5.41.